The molecule has 18 heavy (non-hydrogen) atoms. The standard InChI is InChI=1S/C12H13N5O/c1-8-4-3-7-14-11(8)16-12(18)9-5-2-6-10(15-9)17-13/h2-7H,13H2,1H3,(H,15,17)(H,14,16,18). The number of carbonyl (C=O) groups is 1. The SMILES string of the molecule is Cc1cccnc1NC(=O)c1cccc(NN)n1. The molecule has 0 saturated carbocycles. The van der Waals surface area contributed by atoms with Crippen LogP contribution in [0.15, 0.2) is 36.5 Å². The van der Waals surface area contributed by atoms with Crippen LogP contribution >= 0.6 is 0 Å². The van der Waals surface area contributed by atoms with Crippen LogP contribution in [0.25, 0.3) is 0 Å². The highest BCUT2D eigenvalue weighted by molar-refractivity contribution is 6.02. The lowest BCUT2D eigenvalue weighted by Gasteiger charge is -2.07. The average Bonchev–Trinajstić information content (AvgIpc) is 2.41. The predicted octanol–water partition coefficient (Wildman–Crippen LogP) is 1.32. The molecule has 0 fully saturated rings. The molecule has 0 aliphatic carbocycles. The maximum absolute atomic E-state index is 12.0. The summed E-state index contributed by atoms with van der Waals surface area (Å²) in [5, 5.41) is 2.70. The zero-order chi connectivity index (χ0) is 13.0. The summed E-state index contributed by atoms with van der Waals surface area (Å²) in [7, 11) is 0. The van der Waals surface area contributed by atoms with Crippen LogP contribution in [0.4, 0.5) is 11.6 Å². The Bertz CT molecular complexity index is 570. The molecular formula is C12H13N5O. The van der Waals surface area contributed by atoms with Gasteiger partial charge in [0, 0.05) is 6.20 Å². The number of rotatable bonds is 3. The van der Waals surface area contributed by atoms with Gasteiger partial charge in [-0.3, -0.25) is 4.79 Å². The minimum absolute atomic E-state index is 0.274. The number of aryl methyl sites for hydroxylation is 1. The van der Waals surface area contributed by atoms with E-state index in [1.807, 2.05) is 19.1 Å². The first-order valence-corrected chi connectivity index (χ1v) is 5.37. The minimum Gasteiger partial charge on any atom is -0.308 e. The Morgan fingerprint density at radius 2 is 2.11 bits per heavy atom. The van der Waals surface area contributed by atoms with E-state index in [1.54, 1.807) is 24.4 Å². The molecule has 4 N–H and O–H groups in total. The number of pyridine rings is 2. The summed E-state index contributed by atoms with van der Waals surface area (Å²) >= 11 is 0. The Labute approximate surface area is 104 Å². The van der Waals surface area contributed by atoms with Crippen molar-refractivity contribution in [3.05, 3.63) is 47.8 Å². The number of nitrogens with zero attached hydrogens (tertiary/aromatic N) is 2. The lowest BCUT2D eigenvalue weighted by atomic mass is 10.2. The van der Waals surface area contributed by atoms with Crippen molar-refractivity contribution in [1.82, 2.24) is 9.97 Å². The van der Waals surface area contributed by atoms with E-state index in [0.29, 0.717) is 11.6 Å². The molecule has 0 aromatic carbocycles. The number of nitrogens with two attached hydrogens (primary N) is 1. The molecule has 0 aliphatic heterocycles. The monoisotopic (exact) mass is 243 g/mol. The molecule has 0 aliphatic rings. The highest BCUT2D eigenvalue weighted by Crippen LogP contribution is 2.11. The quantitative estimate of drug-likeness (QED) is 0.558. The highest BCUT2D eigenvalue weighted by Gasteiger charge is 2.09. The number of nitrogen functional groups attached to an aromatic ring is 1. The summed E-state index contributed by atoms with van der Waals surface area (Å²) < 4.78 is 0. The zero-order valence-electron chi connectivity index (χ0n) is 9.84. The molecule has 0 atom stereocenters. The molecule has 92 valence electrons. The van der Waals surface area contributed by atoms with Crippen molar-refractivity contribution in [2.45, 2.75) is 6.92 Å². The Balaban J connectivity index is 2.19. The van der Waals surface area contributed by atoms with Crippen molar-refractivity contribution >= 4 is 17.5 Å². The molecule has 1 amide bonds. The Kier molecular flexibility index (Phi) is 3.49. The molecule has 0 saturated heterocycles. The van der Waals surface area contributed by atoms with Crippen molar-refractivity contribution in [3.8, 4) is 0 Å². The van der Waals surface area contributed by atoms with Gasteiger partial charge in [0.05, 0.1) is 0 Å². The molecule has 2 rings (SSSR count). The van der Waals surface area contributed by atoms with Crippen LogP contribution in [0.3, 0.4) is 0 Å². The highest BCUT2D eigenvalue weighted by atomic mass is 16.1. The van der Waals surface area contributed by atoms with Gasteiger partial charge in [-0.2, -0.15) is 0 Å². The maximum atomic E-state index is 12.0. The van der Waals surface area contributed by atoms with Gasteiger partial charge in [-0.15, -0.1) is 0 Å². The normalized spacial score (nSPS) is 9.89. The average molecular weight is 243 g/mol. The van der Waals surface area contributed by atoms with E-state index in [1.165, 1.54) is 0 Å². The number of hydrazine groups is 1. The summed E-state index contributed by atoms with van der Waals surface area (Å²) in [5.74, 6) is 5.87. The van der Waals surface area contributed by atoms with E-state index < -0.39 is 0 Å². The van der Waals surface area contributed by atoms with Crippen molar-refractivity contribution < 1.29 is 4.79 Å². The summed E-state index contributed by atoms with van der Waals surface area (Å²) in [5.41, 5.74) is 3.55. The first-order chi connectivity index (χ1) is 8.70. The number of hydrogen-bond acceptors (Lipinski definition) is 5. The van der Waals surface area contributed by atoms with Crippen molar-refractivity contribution in [3.63, 3.8) is 0 Å². The predicted molar refractivity (Wildman–Crippen MR) is 69.0 cm³/mol. The summed E-state index contributed by atoms with van der Waals surface area (Å²) in [6.45, 7) is 1.87. The third-order valence-corrected chi connectivity index (χ3v) is 2.37. The lowest BCUT2D eigenvalue weighted by molar-refractivity contribution is 0.102. The van der Waals surface area contributed by atoms with E-state index in [4.69, 9.17) is 5.84 Å². The molecule has 6 nitrogen and oxygen atoms in total. The van der Waals surface area contributed by atoms with E-state index in [-0.39, 0.29) is 11.6 Å². The van der Waals surface area contributed by atoms with E-state index >= 15 is 0 Å². The fourth-order valence-electron chi connectivity index (χ4n) is 1.43. The minimum atomic E-state index is -0.325. The zero-order valence-corrected chi connectivity index (χ0v) is 9.84. The second kappa shape index (κ2) is 5.24. The van der Waals surface area contributed by atoms with Gasteiger partial charge in [-0.25, -0.2) is 15.8 Å². The van der Waals surface area contributed by atoms with Crippen LogP contribution < -0.4 is 16.6 Å². The number of amides is 1. The van der Waals surface area contributed by atoms with Crippen LogP contribution in [-0.2, 0) is 0 Å². The largest absolute Gasteiger partial charge is 0.308 e. The summed E-state index contributed by atoms with van der Waals surface area (Å²) in [6, 6.07) is 8.65. The van der Waals surface area contributed by atoms with Crippen molar-refractivity contribution in [2.24, 2.45) is 5.84 Å². The number of carbonyl (C=O) groups excluding carboxylic acids is 1. The van der Waals surface area contributed by atoms with Gasteiger partial charge in [0.2, 0.25) is 0 Å². The van der Waals surface area contributed by atoms with Crippen molar-refractivity contribution in [2.75, 3.05) is 10.7 Å². The van der Waals surface area contributed by atoms with E-state index in [9.17, 15) is 4.79 Å². The van der Waals surface area contributed by atoms with Gasteiger partial charge in [0.15, 0.2) is 0 Å². The topological polar surface area (TPSA) is 92.9 Å². The van der Waals surface area contributed by atoms with Gasteiger partial charge < -0.3 is 10.7 Å². The van der Waals surface area contributed by atoms with Gasteiger partial charge in [0.25, 0.3) is 5.91 Å². The van der Waals surface area contributed by atoms with Gasteiger partial charge in [0.1, 0.15) is 17.3 Å². The lowest BCUT2D eigenvalue weighted by Crippen LogP contribution is -2.17. The first kappa shape index (κ1) is 12.0. The van der Waals surface area contributed by atoms with Gasteiger partial charge >= 0.3 is 0 Å². The second-order valence-corrected chi connectivity index (χ2v) is 3.68. The van der Waals surface area contributed by atoms with E-state index in [0.717, 1.165) is 5.56 Å². The number of aromatic nitrogens is 2. The smallest absolute Gasteiger partial charge is 0.275 e. The molecule has 2 aromatic heterocycles. The Morgan fingerprint density at radius 3 is 2.83 bits per heavy atom. The molecule has 0 radical (unpaired) electrons. The molecule has 0 unspecified atom stereocenters. The third kappa shape index (κ3) is 2.61. The Morgan fingerprint density at radius 1 is 1.28 bits per heavy atom. The molecule has 6 heteroatoms. The first-order valence-electron chi connectivity index (χ1n) is 5.37. The Hall–Kier alpha value is -2.47. The van der Waals surface area contributed by atoms with Crippen LogP contribution in [0.5, 0.6) is 0 Å². The van der Waals surface area contributed by atoms with Gasteiger partial charge in [-0.1, -0.05) is 12.1 Å². The fourth-order valence-corrected chi connectivity index (χ4v) is 1.43. The summed E-state index contributed by atoms with van der Waals surface area (Å²) in [6.07, 6.45) is 1.62. The number of hydrogen-bond donors (Lipinski definition) is 3. The molecule has 2 heterocycles. The second-order valence-electron chi connectivity index (χ2n) is 3.68. The number of anilines is 2. The fraction of sp³-hybridized carbons (Fsp3) is 0.0833. The summed E-state index contributed by atoms with van der Waals surface area (Å²) in [4.78, 5) is 20.1. The third-order valence-electron chi connectivity index (χ3n) is 2.37. The van der Waals surface area contributed by atoms with Gasteiger partial charge in [-0.05, 0) is 30.7 Å². The van der Waals surface area contributed by atoms with Crippen LogP contribution in [-0.4, -0.2) is 15.9 Å². The maximum Gasteiger partial charge on any atom is 0.275 e. The molecule has 0 spiro atoms. The van der Waals surface area contributed by atoms with Crippen molar-refractivity contribution in [1.29, 1.82) is 0 Å². The molecule has 0 bridgehead atoms. The molecular weight excluding hydrogens is 230 g/mol. The number of nitrogens with one attached hydrogen (secondary N) is 2. The van der Waals surface area contributed by atoms with Crippen LogP contribution in [0.2, 0.25) is 0 Å². The molecule has 2 aromatic rings. The van der Waals surface area contributed by atoms with Crippen LogP contribution in [0.1, 0.15) is 16.1 Å². The van der Waals surface area contributed by atoms with Crippen LogP contribution in [0, 0.1) is 6.92 Å². The van der Waals surface area contributed by atoms with E-state index in [2.05, 4.69) is 20.7 Å².